The van der Waals surface area contributed by atoms with E-state index >= 15 is 0 Å². The number of amides is 1. The number of aliphatic hydroxyl groups is 1. The van der Waals surface area contributed by atoms with Crippen LogP contribution in [0.25, 0.3) is 0 Å². The maximum absolute atomic E-state index is 13.2. The van der Waals surface area contributed by atoms with Crippen molar-refractivity contribution >= 4 is 5.91 Å². The highest BCUT2D eigenvalue weighted by Crippen LogP contribution is 2.19. The molecule has 2 rings (SSSR count). The molecule has 2 aromatic carbocycles. The van der Waals surface area contributed by atoms with Crippen LogP contribution in [0.3, 0.4) is 0 Å². The molecule has 0 aliphatic rings. The Morgan fingerprint density at radius 3 is 2.52 bits per heavy atom. The number of halogens is 3. The maximum Gasteiger partial charge on any atom is 0.224 e. The molecule has 0 aliphatic carbocycles. The first kappa shape index (κ1) is 17.0. The Kier molecular flexibility index (Phi) is 5.39. The lowest BCUT2D eigenvalue weighted by atomic mass is 10.0. The van der Waals surface area contributed by atoms with Crippen molar-refractivity contribution in [1.29, 1.82) is 0 Å². The van der Waals surface area contributed by atoms with E-state index in [2.05, 4.69) is 5.32 Å². The smallest absolute Gasteiger partial charge is 0.224 e. The highest BCUT2D eigenvalue weighted by molar-refractivity contribution is 5.78. The van der Waals surface area contributed by atoms with Crippen LogP contribution in [0.4, 0.5) is 13.2 Å². The number of benzene rings is 2. The third-order valence-electron chi connectivity index (χ3n) is 3.40. The van der Waals surface area contributed by atoms with Gasteiger partial charge < -0.3 is 10.4 Å². The van der Waals surface area contributed by atoms with Crippen molar-refractivity contribution in [2.45, 2.75) is 25.5 Å². The lowest BCUT2D eigenvalue weighted by molar-refractivity contribution is -0.121. The first-order valence-electron chi connectivity index (χ1n) is 7.03. The standard InChI is InChI=1S/C17H16F3NO2/c1-10(17(23)12-5-6-14(19)15(20)9-12)21-16(22)8-11-3-2-4-13(18)7-11/h2-7,9-10,17,23H,8H2,1H3,(H,21,22). The van der Waals surface area contributed by atoms with Gasteiger partial charge in [-0.2, -0.15) is 0 Å². The highest BCUT2D eigenvalue weighted by Gasteiger charge is 2.20. The molecule has 3 nitrogen and oxygen atoms in total. The van der Waals surface area contributed by atoms with Crippen LogP contribution < -0.4 is 5.32 Å². The fraction of sp³-hybridized carbons (Fsp3) is 0.235. The number of hydrogen-bond acceptors (Lipinski definition) is 2. The molecule has 0 saturated heterocycles. The molecule has 0 spiro atoms. The maximum atomic E-state index is 13.2. The molecule has 0 bridgehead atoms. The predicted octanol–water partition coefficient (Wildman–Crippen LogP) is 2.88. The fourth-order valence-electron chi connectivity index (χ4n) is 2.20. The van der Waals surface area contributed by atoms with E-state index in [1.807, 2.05) is 0 Å². The molecule has 2 unspecified atom stereocenters. The van der Waals surface area contributed by atoms with E-state index in [0.717, 1.165) is 12.1 Å². The van der Waals surface area contributed by atoms with Crippen LogP contribution >= 0.6 is 0 Å². The average molecular weight is 323 g/mol. The van der Waals surface area contributed by atoms with Crippen LogP contribution in [-0.2, 0) is 11.2 Å². The number of carbonyl (C=O) groups excluding carboxylic acids is 1. The summed E-state index contributed by atoms with van der Waals surface area (Å²) in [5.41, 5.74) is 0.652. The molecule has 0 aliphatic heterocycles. The number of aliphatic hydroxyl groups excluding tert-OH is 1. The van der Waals surface area contributed by atoms with Gasteiger partial charge in [-0.25, -0.2) is 13.2 Å². The number of carbonyl (C=O) groups is 1. The monoisotopic (exact) mass is 323 g/mol. The molecule has 2 aromatic rings. The molecule has 122 valence electrons. The van der Waals surface area contributed by atoms with Crippen molar-refractivity contribution < 1.29 is 23.1 Å². The quantitative estimate of drug-likeness (QED) is 0.889. The predicted molar refractivity (Wildman–Crippen MR) is 79.0 cm³/mol. The van der Waals surface area contributed by atoms with E-state index in [9.17, 15) is 23.1 Å². The summed E-state index contributed by atoms with van der Waals surface area (Å²) in [5.74, 6) is -2.93. The molecule has 2 N–H and O–H groups in total. The van der Waals surface area contributed by atoms with Crippen LogP contribution in [-0.4, -0.2) is 17.1 Å². The van der Waals surface area contributed by atoms with Gasteiger partial charge in [0.15, 0.2) is 11.6 Å². The zero-order valence-corrected chi connectivity index (χ0v) is 12.4. The summed E-state index contributed by atoms with van der Waals surface area (Å²) in [6, 6.07) is 7.95. The normalized spacial score (nSPS) is 13.4. The lowest BCUT2D eigenvalue weighted by Gasteiger charge is -2.21. The summed E-state index contributed by atoms with van der Waals surface area (Å²) in [7, 11) is 0. The molecule has 0 radical (unpaired) electrons. The number of nitrogens with one attached hydrogen (secondary N) is 1. The summed E-state index contributed by atoms with van der Waals surface area (Å²) in [4.78, 5) is 11.9. The van der Waals surface area contributed by atoms with Crippen molar-refractivity contribution in [3.8, 4) is 0 Å². The van der Waals surface area contributed by atoms with Gasteiger partial charge in [0.05, 0.1) is 18.6 Å². The van der Waals surface area contributed by atoms with Crippen LogP contribution in [0.15, 0.2) is 42.5 Å². The number of hydrogen-bond donors (Lipinski definition) is 2. The fourth-order valence-corrected chi connectivity index (χ4v) is 2.20. The van der Waals surface area contributed by atoms with E-state index in [-0.39, 0.29) is 12.0 Å². The minimum Gasteiger partial charge on any atom is -0.386 e. The lowest BCUT2D eigenvalue weighted by Crippen LogP contribution is -2.38. The molecule has 23 heavy (non-hydrogen) atoms. The summed E-state index contributed by atoms with van der Waals surface area (Å²) >= 11 is 0. The summed E-state index contributed by atoms with van der Waals surface area (Å²) in [6.07, 6.45) is -1.24. The van der Waals surface area contributed by atoms with E-state index in [4.69, 9.17) is 0 Å². The van der Waals surface area contributed by atoms with Crippen LogP contribution in [0.5, 0.6) is 0 Å². The summed E-state index contributed by atoms with van der Waals surface area (Å²) in [5, 5.41) is 12.7. The van der Waals surface area contributed by atoms with Gasteiger partial charge in [0.1, 0.15) is 5.82 Å². The van der Waals surface area contributed by atoms with Crippen molar-refractivity contribution in [3.05, 3.63) is 71.0 Å². The first-order chi connectivity index (χ1) is 10.9. The van der Waals surface area contributed by atoms with Crippen LogP contribution in [0, 0.1) is 17.5 Å². The second-order valence-corrected chi connectivity index (χ2v) is 5.28. The summed E-state index contributed by atoms with van der Waals surface area (Å²) in [6.45, 7) is 1.54. The Labute approximate surface area is 131 Å². The molecule has 2 atom stereocenters. The van der Waals surface area contributed by atoms with Gasteiger partial charge in [-0.1, -0.05) is 18.2 Å². The topological polar surface area (TPSA) is 49.3 Å². The van der Waals surface area contributed by atoms with Gasteiger partial charge in [0.2, 0.25) is 5.91 Å². The second-order valence-electron chi connectivity index (χ2n) is 5.28. The minimum absolute atomic E-state index is 0.0490. The molecule has 0 fully saturated rings. The highest BCUT2D eigenvalue weighted by atomic mass is 19.2. The Balaban J connectivity index is 1.98. The van der Waals surface area contributed by atoms with E-state index in [0.29, 0.717) is 5.56 Å². The third-order valence-corrected chi connectivity index (χ3v) is 3.40. The van der Waals surface area contributed by atoms with Gasteiger partial charge >= 0.3 is 0 Å². The Bertz CT molecular complexity index is 706. The zero-order chi connectivity index (χ0) is 17.0. The van der Waals surface area contributed by atoms with E-state index in [1.165, 1.54) is 31.2 Å². The first-order valence-corrected chi connectivity index (χ1v) is 7.03. The van der Waals surface area contributed by atoms with Gasteiger partial charge in [-0.15, -0.1) is 0 Å². The molecular weight excluding hydrogens is 307 g/mol. The van der Waals surface area contributed by atoms with E-state index in [1.54, 1.807) is 6.07 Å². The summed E-state index contributed by atoms with van der Waals surface area (Å²) < 4.78 is 39.1. The minimum atomic E-state index is -1.19. The van der Waals surface area contributed by atoms with Gasteiger partial charge in [-0.05, 0) is 42.3 Å². The molecule has 6 heteroatoms. The van der Waals surface area contributed by atoms with Crippen LogP contribution in [0.2, 0.25) is 0 Å². The average Bonchev–Trinajstić information content (AvgIpc) is 2.49. The Morgan fingerprint density at radius 1 is 1.13 bits per heavy atom. The van der Waals surface area contributed by atoms with E-state index < -0.39 is 35.5 Å². The van der Waals surface area contributed by atoms with Gasteiger partial charge in [-0.3, -0.25) is 4.79 Å². The van der Waals surface area contributed by atoms with Crippen molar-refractivity contribution in [2.24, 2.45) is 0 Å². The third kappa shape index (κ3) is 4.56. The zero-order valence-electron chi connectivity index (χ0n) is 12.4. The molecule has 0 heterocycles. The van der Waals surface area contributed by atoms with Gasteiger partial charge in [0, 0.05) is 0 Å². The molecule has 0 aromatic heterocycles. The van der Waals surface area contributed by atoms with Crippen molar-refractivity contribution in [2.75, 3.05) is 0 Å². The van der Waals surface area contributed by atoms with Crippen LogP contribution in [0.1, 0.15) is 24.2 Å². The Hall–Kier alpha value is -2.34. The van der Waals surface area contributed by atoms with Crippen molar-refractivity contribution in [3.63, 3.8) is 0 Å². The largest absolute Gasteiger partial charge is 0.386 e. The van der Waals surface area contributed by atoms with Crippen molar-refractivity contribution in [1.82, 2.24) is 5.32 Å². The Morgan fingerprint density at radius 2 is 1.87 bits per heavy atom. The number of rotatable bonds is 5. The molecule has 0 saturated carbocycles. The molecular formula is C17H16F3NO2. The van der Waals surface area contributed by atoms with Gasteiger partial charge in [0.25, 0.3) is 0 Å². The molecule has 1 amide bonds. The second kappa shape index (κ2) is 7.28. The SMILES string of the molecule is CC(NC(=O)Cc1cccc(F)c1)C(O)c1ccc(F)c(F)c1.